The Hall–Kier alpha value is -1.49. The number of nitrogens with one attached hydrogen (secondary N) is 1. The standard InChI is InChI=1S/C15H22N2/c1-3-4-5-6-13(2)17-15-9-7-14(8-10-15)11-12-16/h7-10,13,17H,3-6,11H2,1-2H3. The lowest BCUT2D eigenvalue weighted by atomic mass is 10.1. The van der Waals surface area contributed by atoms with Gasteiger partial charge in [-0.15, -0.1) is 0 Å². The van der Waals surface area contributed by atoms with Crippen LogP contribution in [-0.4, -0.2) is 6.04 Å². The molecule has 0 fully saturated rings. The third-order valence-electron chi connectivity index (χ3n) is 2.89. The summed E-state index contributed by atoms with van der Waals surface area (Å²) in [7, 11) is 0. The van der Waals surface area contributed by atoms with Gasteiger partial charge in [0.15, 0.2) is 0 Å². The summed E-state index contributed by atoms with van der Waals surface area (Å²) in [6, 6.07) is 10.8. The fourth-order valence-electron chi connectivity index (χ4n) is 1.87. The van der Waals surface area contributed by atoms with E-state index in [-0.39, 0.29) is 0 Å². The maximum absolute atomic E-state index is 8.59. The summed E-state index contributed by atoms with van der Waals surface area (Å²) in [6.45, 7) is 4.45. The molecule has 1 atom stereocenters. The Morgan fingerprint density at radius 2 is 1.94 bits per heavy atom. The van der Waals surface area contributed by atoms with Crippen LogP contribution in [0.1, 0.15) is 45.1 Å². The molecule has 1 rings (SSSR count). The van der Waals surface area contributed by atoms with Crippen LogP contribution in [0.25, 0.3) is 0 Å². The van der Waals surface area contributed by atoms with E-state index in [1.54, 1.807) is 0 Å². The summed E-state index contributed by atoms with van der Waals surface area (Å²) in [5.41, 5.74) is 2.23. The minimum Gasteiger partial charge on any atom is -0.383 e. The fraction of sp³-hybridized carbons (Fsp3) is 0.533. The summed E-state index contributed by atoms with van der Waals surface area (Å²) in [5, 5.41) is 12.1. The maximum Gasteiger partial charge on any atom is 0.0669 e. The third-order valence-corrected chi connectivity index (χ3v) is 2.89. The highest BCUT2D eigenvalue weighted by atomic mass is 14.9. The average molecular weight is 230 g/mol. The van der Waals surface area contributed by atoms with Crippen molar-refractivity contribution in [2.45, 2.75) is 52.0 Å². The molecular weight excluding hydrogens is 208 g/mol. The monoisotopic (exact) mass is 230 g/mol. The van der Waals surface area contributed by atoms with E-state index in [1.807, 2.05) is 12.1 Å². The molecule has 0 spiro atoms. The van der Waals surface area contributed by atoms with Crippen LogP contribution in [0, 0.1) is 11.3 Å². The second kappa shape index (κ2) is 7.73. The molecule has 0 aliphatic heterocycles. The number of nitriles is 1. The average Bonchev–Trinajstić information content (AvgIpc) is 2.32. The minimum atomic E-state index is 0.492. The lowest BCUT2D eigenvalue weighted by Gasteiger charge is -2.15. The number of rotatable bonds is 7. The first-order valence-corrected chi connectivity index (χ1v) is 6.48. The molecule has 0 saturated carbocycles. The zero-order valence-electron chi connectivity index (χ0n) is 10.9. The molecule has 0 amide bonds. The van der Waals surface area contributed by atoms with Gasteiger partial charge in [-0.2, -0.15) is 5.26 Å². The van der Waals surface area contributed by atoms with Crippen molar-refractivity contribution in [3.63, 3.8) is 0 Å². The molecule has 0 radical (unpaired) electrons. The van der Waals surface area contributed by atoms with Crippen molar-refractivity contribution in [1.29, 1.82) is 5.26 Å². The van der Waals surface area contributed by atoms with Crippen molar-refractivity contribution in [3.05, 3.63) is 29.8 Å². The Balaban J connectivity index is 2.38. The fourth-order valence-corrected chi connectivity index (χ4v) is 1.87. The molecule has 1 N–H and O–H groups in total. The molecule has 0 aromatic heterocycles. The van der Waals surface area contributed by atoms with Crippen LogP contribution in [0.15, 0.2) is 24.3 Å². The van der Waals surface area contributed by atoms with Gasteiger partial charge >= 0.3 is 0 Å². The molecule has 0 saturated heterocycles. The van der Waals surface area contributed by atoms with E-state index in [1.165, 1.54) is 25.7 Å². The summed E-state index contributed by atoms with van der Waals surface area (Å²) < 4.78 is 0. The SMILES string of the molecule is CCCCCC(C)Nc1ccc(CC#N)cc1. The number of hydrogen-bond donors (Lipinski definition) is 1. The van der Waals surface area contributed by atoms with E-state index in [0.29, 0.717) is 12.5 Å². The molecule has 92 valence electrons. The molecule has 1 aromatic carbocycles. The van der Waals surface area contributed by atoms with Crippen molar-refractivity contribution in [1.82, 2.24) is 0 Å². The van der Waals surface area contributed by atoms with Crippen LogP contribution in [0.3, 0.4) is 0 Å². The highest BCUT2D eigenvalue weighted by molar-refractivity contribution is 5.45. The summed E-state index contributed by atoms with van der Waals surface area (Å²) in [6.07, 6.45) is 5.58. The molecule has 0 aliphatic carbocycles. The van der Waals surface area contributed by atoms with Gasteiger partial charge in [0.2, 0.25) is 0 Å². The largest absolute Gasteiger partial charge is 0.383 e. The van der Waals surface area contributed by atoms with Crippen LogP contribution < -0.4 is 5.32 Å². The molecule has 2 heteroatoms. The van der Waals surface area contributed by atoms with Crippen molar-refractivity contribution >= 4 is 5.69 Å². The Morgan fingerprint density at radius 1 is 1.24 bits per heavy atom. The van der Waals surface area contributed by atoms with Gasteiger partial charge in [0.1, 0.15) is 0 Å². The highest BCUT2D eigenvalue weighted by Gasteiger charge is 2.01. The van der Waals surface area contributed by atoms with Gasteiger partial charge in [-0.3, -0.25) is 0 Å². The Bertz CT molecular complexity index is 348. The molecule has 0 aliphatic rings. The van der Waals surface area contributed by atoms with Crippen LogP contribution in [0.2, 0.25) is 0 Å². The van der Waals surface area contributed by atoms with Crippen molar-refractivity contribution in [3.8, 4) is 6.07 Å². The number of anilines is 1. The first-order chi connectivity index (χ1) is 8.26. The normalized spacial score (nSPS) is 11.8. The first kappa shape index (κ1) is 13.6. The van der Waals surface area contributed by atoms with Crippen LogP contribution in [0.5, 0.6) is 0 Å². The third kappa shape index (κ3) is 5.40. The second-order valence-corrected chi connectivity index (χ2v) is 4.57. The lowest BCUT2D eigenvalue weighted by Crippen LogP contribution is -2.14. The number of hydrogen-bond acceptors (Lipinski definition) is 2. The molecule has 1 aromatic rings. The highest BCUT2D eigenvalue weighted by Crippen LogP contribution is 2.13. The van der Waals surface area contributed by atoms with Crippen molar-refractivity contribution in [2.24, 2.45) is 0 Å². The Labute approximate surface area is 105 Å². The maximum atomic E-state index is 8.59. The summed E-state index contributed by atoms with van der Waals surface area (Å²) in [4.78, 5) is 0. The minimum absolute atomic E-state index is 0.492. The summed E-state index contributed by atoms with van der Waals surface area (Å²) in [5.74, 6) is 0. The second-order valence-electron chi connectivity index (χ2n) is 4.57. The van der Waals surface area contributed by atoms with Gasteiger partial charge in [-0.1, -0.05) is 38.3 Å². The topological polar surface area (TPSA) is 35.8 Å². The Kier molecular flexibility index (Phi) is 6.17. The molecular formula is C15H22N2. The predicted octanol–water partition coefficient (Wildman–Crippen LogP) is 4.13. The van der Waals surface area contributed by atoms with Crippen LogP contribution in [0.4, 0.5) is 5.69 Å². The van der Waals surface area contributed by atoms with Gasteiger partial charge in [0.05, 0.1) is 12.5 Å². The predicted molar refractivity (Wildman–Crippen MR) is 73.0 cm³/mol. The quantitative estimate of drug-likeness (QED) is 0.715. The van der Waals surface area contributed by atoms with E-state index in [0.717, 1.165) is 11.3 Å². The molecule has 0 heterocycles. The van der Waals surface area contributed by atoms with Crippen molar-refractivity contribution < 1.29 is 0 Å². The number of benzene rings is 1. The smallest absolute Gasteiger partial charge is 0.0669 e. The molecule has 1 unspecified atom stereocenters. The van der Waals surface area contributed by atoms with E-state index in [4.69, 9.17) is 5.26 Å². The van der Waals surface area contributed by atoms with Gasteiger partial charge in [0, 0.05) is 11.7 Å². The van der Waals surface area contributed by atoms with Crippen molar-refractivity contribution in [2.75, 3.05) is 5.32 Å². The molecule has 0 bridgehead atoms. The summed E-state index contributed by atoms with van der Waals surface area (Å²) >= 11 is 0. The Morgan fingerprint density at radius 3 is 2.53 bits per heavy atom. The van der Waals surface area contributed by atoms with E-state index < -0.39 is 0 Å². The zero-order valence-corrected chi connectivity index (χ0v) is 10.9. The molecule has 2 nitrogen and oxygen atoms in total. The lowest BCUT2D eigenvalue weighted by molar-refractivity contribution is 0.615. The van der Waals surface area contributed by atoms with Gasteiger partial charge in [-0.05, 0) is 31.0 Å². The number of unbranched alkanes of at least 4 members (excludes halogenated alkanes) is 2. The first-order valence-electron chi connectivity index (χ1n) is 6.48. The van der Waals surface area contributed by atoms with Gasteiger partial charge in [0.25, 0.3) is 0 Å². The van der Waals surface area contributed by atoms with E-state index in [2.05, 4.69) is 37.4 Å². The van der Waals surface area contributed by atoms with Crippen LogP contribution in [-0.2, 0) is 6.42 Å². The van der Waals surface area contributed by atoms with Gasteiger partial charge in [-0.25, -0.2) is 0 Å². The van der Waals surface area contributed by atoms with Crippen LogP contribution >= 0.6 is 0 Å². The van der Waals surface area contributed by atoms with E-state index >= 15 is 0 Å². The van der Waals surface area contributed by atoms with E-state index in [9.17, 15) is 0 Å². The molecule has 17 heavy (non-hydrogen) atoms. The van der Waals surface area contributed by atoms with Gasteiger partial charge < -0.3 is 5.32 Å². The number of nitrogens with zero attached hydrogens (tertiary/aromatic N) is 1. The zero-order chi connectivity index (χ0) is 12.5.